The molecule has 2 rings (SSSR count). The first-order chi connectivity index (χ1) is 15.3. The van der Waals surface area contributed by atoms with E-state index in [0.717, 1.165) is 13.0 Å². The summed E-state index contributed by atoms with van der Waals surface area (Å²) in [6.07, 6.45) is 2.32. The molecule has 0 aliphatic carbocycles. The lowest BCUT2D eigenvalue weighted by Crippen LogP contribution is -2.20. The molecule has 0 spiro atoms. The fraction of sp³-hybridized carbons (Fsp3) is 0.292. The van der Waals surface area contributed by atoms with Crippen LogP contribution in [-0.2, 0) is 19.1 Å². The molecule has 172 valence electrons. The van der Waals surface area contributed by atoms with Crippen molar-refractivity contribution in [3.05, 3.63) is 78.4 Å². The molecule has 0 aliphatic rings. The fourth-order valence-electron chi connectivity index (χ4n) is 2.43. The summed E-state index contributed by atoms with van der Waals surface area (Å²) < 4.78 is 5.30. The third-order valence-electron chi connectivity index (χ3n) is 3.97. The summed E-state index contributed by atoms with van der Waals surface area (Å²) in [5.74, 6) is -2.63. The van der Waals surface area contributed by atoms with Crippen LogP contribution in [0.3, 0.4) is 0 Å². The molecule has 0 heterocycles. The van der Waals surface area contributed by atoms with Crippen molar-refractivity contribution < 1.29 is 29.3 Å². The predicted molar refractivity (Wildman–Crippen MR) is 125 cm³/mol. The summed E-state index contributed by atoms with van der Waals surface area (Å²) in [7, 11) is 3.94. The molecule has 0 bridgehead atoms. The van der Waals surface area contributed by atoms with E-state index < -0.39 is 11.9 Å². The normalized spacial score (nSPS) is 11.5. The predicted octanol–water partition coefficient (Wildman–Crippen LogP) is 4.12. The first-order valence-electron chi connectivity index (χ1n) is 9.99. The van der Waals surface area contributed by atoms with E-state index in [1.807, 2.05) is 55.4 Å². The van der Waals surface area contributed by atoms with E-state index in [-0.39, 0.29) is 11.2 Å². The maximum absolute atomic E-state index is 12.0. The van der Waals surface area contributed by atoms with Crippen LogP contribution in [-0.4, -0.2) is 60.3 Å². The van der Waals surface area contributed by atoms with E-state index in [2.05, 4.69) is 24.3 Å². The zero-order valence-corrected chi connectivity index (χ0v) is 19.0. The highest BCUT2D eigenvalue weighted by Crippen LogP contribution is 2.38. The minimum atomic E-state index is -1.26. The topological polar surface area (TPSA) is 104 Å². The molecule has 2 aromatic carbocycles. The van der Waals surface area contributed by atoms with E-state index in [1.165, 1.54) is 10.5 Å². The maximum atomic E-state index is 12.0. The lowest BCUT2D eigenvalue weighted by atomic mass is 10.1. The summed E-state index contributed by atoms with van der Waals surface area (Å²) in [5, 5.41) is 15.9. The van der Waals surface area contributed by atoms with Crippen LogP contribution in [0.4, 0.5) is 0 Å². The molecule has 7 nitrogen and oxygen atoms in total. The number of carboxylic acids is 2. The second-order valence-corrected chi connectivity index (χ2v) is 8.18. The molecule has 0 radical (unpaired) electrons. The number of rotatable bonds is 11. The van der Waals surface area contributed by atoms with Crippen molar-refractivity contribution in [1.82, 2.24) is 4.90 Å². The van der Waals surface area contributed by atoms with Gasteiger partial charge in [0.15, 0.2) is 0 Å². The SMILES string of the molecule is CN(C)CCOC(=O)CCC(Sc1ccccc1)c1ccccc1.O=C(O)/C=C/C(=O)O. The number of carboxylic acid groups (broad SMARTS) is 2. The third-order valence-corrected chi connectivity index (χ3v) is 5.31. The van der Waals surface area contributed by atoms with Crippen LogP contribution in [0, 0.1) is 0 Å². The van der Waals surface area contributed by atoms with Gasteiger partial charge in [-0.2, -0.15) is 0 Å². The summed E-state index contributed by atoms with van der Waals surface area (Å²) in [4.78, 5) is 34.3. The Morgan fingerprint density at radius 3 is 1.97 bits per heavy atom. The number of carbonyl (C=O) groups is 3. The number of thioether (sulfide) groups is 1. The van der Waals surface area contributed by atoms with E-state index in [1.54, 1.807) is 11.8 Å². The number of benzene rings is 2. The van der Waals surface area contributed by atoms with Crippen LogP contribution < -0.4 is 0 Å². The highest BCUT2D eigenvalue weighted by Gasteiger charge is 2.15. The van der Waals surface area contributed by atoms with Gasteiger partial charge in [-0.05, 0) is 38.2 Å². The van der Waals surface area contributed by atoms with Crippen molar-refractivity contribution in [2.75, 3.05) is 27.2 Å². The van der Waals surface area contributed by atoms with Gasteiger partial charge in [0.05, 0.1) is 0 Å². The van der Waals surface area contributed by atoms with E-state index in [9.17, 15) is 14.4 Å². The molecule has 0 aromatic heterocycles. The minimum absolute atomic E-state index is 0.119. The second-order valence-electron chi connectivity index (χ2n) is 6.90. The first-order valence-corrected chi connectivity index (χ1v) is 10.9. The van der Waals surface area contributed by atoms with Gasteiger partial charge in [-0.3, -0.25) is 4.79 Å². The van der Waals surface area contributed by atoms with Gasteiger partial charge in [0.1, 0.15) is 6.61 Å². The Kier molecular flexibility index (Phi) is 13.2. The molecule has 0 aliphatic heterocycles. The van der Waals surface area contributed by atoms with Crippen molar-refractivity contribution in [2.45, 2.75) is 23.0 Å². The number of nitrogens with zero attached hydrogens (tertiary/aromatic N) is 1. The van der Waals surface area contributed by atoms with E-state index >= 15 is 0 Å². The zero-order chi connectivity index (χ0) is 23.8. The highest BCUT2D eigenvalue weighted by atomic mass is 32.2. The molecule has 1 atom stereocenters. The number of carbonyl (C=O) groups excluding carboxylic acids is 1. The van der Waals surface area contributed by atoms with Gasteiger partial charge in [0.25, 0.3) is 0 Å². The van der Waals surface area contributed by atoms with E-state index in [0.29, 0.717) is 25.2 Å². The van der Waals surface area contributed by atoms with Crippen molar-refractivity contribution in [3.63, 3.8) is 0 Å². The van der Waals surface area contributed by atoms with Gasteiger partial charge in [-0.25, -0.2) is 9.59 Å². The van der Waals surface area contributed by atoms with E-state index in [4.69, 9.17) is 14.9 Å². The monoisotopic (exact) mass is 459 g/mol. The van der Waals surface area contributed by atoms with Crippen molar-refractivity contribution in [2.24, 2.45) is 0 Å². The molecular formula is C24H29NO6S. The molecule has 0 amide bonds. The molecule has 0 fully saturated rings. The Labute approximate surface area is 192 Å². The van der Waals surface area contributed by atoms with Crippen LogP contribution >= 0.6 is 11.8 Å². The van der Waals surface area contributed by atoms with Crippen molar-refractivity contribution >= 4 is 29.7 Å². The Bertz CT molecular complexity index is 839. The molecule has 8 heteroatoms. The molecule has 0 saturated carbocycles. The standard InChI is InChI=1S/C20H25NO2S.C4H4O4/c1-21(2)15-16-23-20(22)14-13-19(17-9-5-3-6-10-17)24-18-11-7-4-8-12-18;5-3(6)1-2-4(7)8/h3-12,19H,13-16H2,1-2H3;1-2H,(H,5,6)(H,7,8)/b;2-1+. The van der Waals surface area contributed by atoms with Crippen LogP contribution in [0.2, 0.25) is 0 Å². The number of hydrogen-bond acceptors (Lipinski definition) is 6. The molecule has 2 N–H and O–H groups in total. The number of ether oxygens (including phenoxy) is 1. The smallest absolute Gasteiger partial charge is 0.328 e. The van der Waals surface area contributed by atoms with Gasteiger partial charge < -0.3 is 19.8 Å². The summed E-state index contributed by atoms with van der Waals surface area (Å²) in [6, 6.07) is 20.7. The quantitative estimate of drug-likeness (QED) is 0.294. The van der Waals surface area contributed by atoms with Crippen LogP contribution in [0.1, 0.15) is 23.7 Å². The molecular weight excluding hydrogens is 430 g/mol. The summed E-state index contributed by atoms with van der Waals surface area (Å²) >= 11 is 1.80. The van der Waals surface area contributed by atoms with Gasteiger partial charge in [-0.1, -0.05) is 48.5 Å². The Morgan fingerprint density at radius 1 is 0.938 bits per heavy atom. The van der Waals surface area contributed by atoms with Crippen LogP contribution in [0.5, 0.6) is 0 Å². The zero-order valence-electron chi connectivity index (χ0n) is 18.2. The van der Waals surface area contributed by atoms with Crippen LogP contribution in [0.15, 0.2) is 77.7 Å². The third kappa shape index (κ3) is 13.3. The Balaban J connectivity index is 0.000000547. The van der Waals surface area contributed by atoms with Gasteiger partial charge in [0.2, 0.25) is 0 Å². The number of likely N-dealkylation sites (N-methyl/N-ethyl adjacent to an activating group) is 1. The van der Waals surface area contributed by atoms with Crippen molar-refractivity contribution in [1.29, 1.82) is 0 Å². The van der Waals surface area contributed by atoms with Crippen LogP contribution in [0.25, 0.3) is 0 Å². The highest BCUT2D eigenvalue weighted by molar-refractivity contribution is 7.99. The van der Waals surface area contributed by atoms with Gasteiger partial charge >= 0.3 is 17.9 Å². The molecule has 32 heavy (non-hydrogen) atoms. The average molecular weight is 460 g/mol. The second kappa shape index (κ2) is 15.7. The van der Waals surface area contributed by atoms with Gasteiger partial charge in [0, 0.05) is 35.3 Å². The Hall–Kier alpha value is -3.10. The number of hydrogen-bond donors (Lipinski definition) is 2. The number of esters is 1. The Morgan fingerprint density at radius 2 is 1.47 bits per heavy atom. The molecule has 0 saturated heterocycles. The fourth-order valence-corrected chi connectivity index (χ4v) is 3.60. The molecule has 2 aromatic rings. The van der Waals surface area contributed by atoms with Crippen molar-refractivity contribution in [3.8, 4) is 0 Å². The average Bonchev–Trinajstić information content (AvgIpc) is 2.76. The molecule has 1 unspecified atom stereocenters. The largest absolute Gasteiger partial charge is 0.478 e. The lowest BCUT2D eigenvalue weighted by molar-refractivity contribution is -0.144. The first kappa shape index (κ1) is 26.9. The van der Waals surface area contributed by atoms with Gasteiger partial charge in [-0.15, -0.1) is 11.8 Å². The summed E-state index contributed by atoms with van der Waals surface area (Å²) in [5.41, 5.74) is 1.24. The maximum Gasteiger partial charge on any atom is 0.328 e. The summed E-state index contributed by atoms with van der Waals surface area (Å²) in [6.45, 7) is 1.21. The lowest BCUT2D eigenvalue weighted by Gasteiger charge is -2.17. The minimum Gasteiger partial charge on any atom is -0.478 e. The number of aliphatic carboxylic acids is 2.